The summed E-state index contributed by atoms with van der Waals surface area (Å²) in [7, 11) is 1.89. The highest BCUT2D eigenvalue weighted by Crippen LogP contribution is 2.11. The zero-order valence-electron chi connectivity index (χ0n) is 10.00. The molecule has 1 aromatic heterocycles. The van der Waals surface area contributed by atoms with Gasteiger partial charge in [-0.3, -0.25) is 9.67 Å². The van der Waals surface area contributed by atoms with E-state index in [0.717, 1.165) is 11.3 Å². The van der Waals surface area contributed by atoms with Crippen LogP contribution in [0.3, 0.4) is 0 Å². The average molecular weight is 209 g/mol. The van der Waals surface area contributed by atoms with Gasteiger partial charge in [-0.1, -0.05) is 0 Å². The van der Waals surface area contributed by atoms with Gasteiger partial charge in [0.2, 0.25) is 0 Å². The molecule has 0 amide bonds. The van der Waals surface area contributed by atoms with Crippen LogP contribution in [0.25, 0.3) is 0 Å². The molecule has 0 unspecified atom stereocenters. The van der Waals surface area contributed by atoms with E-state index >= 15 is 0 Å². The van der Waals surface area contributed by atoms with Crippen molar-refractivity contribution in [3.05, 3.63) is 17.5 Å². The van der Waals surface area contributed by atoms with Gasteiger partial charge >= 0.3 is 0 Å². The molecule has 0 fully saturated rings. The standard InChI is InChI=1S/C10H19N5/c1-7-8(6-12-15(7)5)9(14-11)13-10(2,3)4/h6H,11H2,1-5H3,(H,13,14). The molecule has 0 aromatic carbocycles. The highest BCUT2D eigenvalue weighted by molar-refractivity contribution is 5.99. The van der Waals surface area contributed by atoms with Gasteiger partial charge in [-0.15, -0.1) is 0 Å². The normalized spacial score (nSPS) is 13.1. The molecular weight excluding hydrogens is 190 g/mol. The Hall–Kier alpha value is -1.36. The van der Waals surface area contributed by atoms with Crippen LogP contribution in [0.4, 0.5) is 0 Å². The van der Waals surface area contributed by atoms with Crippen molar-refractivity contribution in [2.24, 2.45) is 17.9 Å². The summed E-state index contributed by atoms with van der Waals surface area (Å²) in [5.41, 5.74) is 4.44. The monoisotopic (exact) mass is 209 g/mol. The van der Waals surface area contributed by atoms with E-state index in [-0.39, 0.29) is 5.54 Å². The minimum atomic E-state index is -0.163. The van der Waals surface area contributed by atoms with Crippen LogP contribution in [0.1, 0.15) is 32.0 Å². The number of hydrazine groups is 1. The number of hydrogen-bond acceptors (Lipinski definition) is 3. The molecule has 84 valence electrons. The lowest BCUT2D eigenvalue weighted by atomic mass is 10.1. The van der Waals surface area contributed by atoms with Gasteiger partial charge in [0.15, 0.2) is 0 Å². The number of aromatic nitrogens is 2. The second-order valence-electron chi connectivity index (χ2n) is 4.54. The smallest absolute Gasteiger partial charge is 0.146 e. The fourth-order valence-electron chi connectivity index (χ4n) is 1.24. The molecule has 1 heterocycles. The highest BCUT2D eigenvalue weighted by Gasteiger charge is 2.14. The van der Waals surface area contributed by atoms with E-state index in [9.17, 15) is 0 Å². The summed E-state index contributed by atoms with van der Waals surface area (Å²) in [5, 5.41) is 4.16. The number of nitrogens with one attached hydrogen (secondary N) is 1. The van der Waals surface area contributed by atoms with Gasteiger partial charge in [-0.2, -0.15) is 5.10 Å². The van der Waals surface area contributed by atoms with E-state index in [4.69, 9.17) is 5.84 Å². The molecule has 0 bridgehead atoms. The largest absolute Gasteiger partial charge is 0.308 e. The predicted octanol–water partition coefficient (Wildman–Crippen LogP) is 0.737. The Morgan fingerprint density at radius 3 is 2.47 bits per heavy atom. The lowest BCUT2D eigenvalue weighted by Crippen LogP contribution is -2.34. The molecule has 5 nitrogen and oxygen atoms in total. The second kappa shape index (κ2) is 4.02. The van der Waals surface area contributed by atoms with Gasteiger partial charge in [0, 0.05) is 12.7 Å². The van der Waals surface area contributed by atoms with Crippen molar-refractivity contribution in [3.8, 4) is 0 Å². The molecule has 0 aliphatic rings. The van der Waals surface area contributed by atoms with E-state index in [2.05, 4.69) is 15.5 Å². The number of hydrogen-bond donors (Lipinski definition) is 2. The van der Waals surface area contributed by atoms with Crippen LogP contribution in [0.15, 0.2) is 11.2 Å². The Balaban J connectivity index is 3.14. The Morgan fingerprint density at radius 2 is 2.13 bits per heavy atom. The first-order valence-electron chi connectivity index (χ1n) is 4.90. The van der Waals surface area contributed by atoms with Crippen molar-refractivity contribution in [2.45, 2.75) is 33.2 Å². The zero-order valence-corrected chi connectivity index (χ0v) is 10.00. The van der Waals surface area contributed by atoms with Crippen LogP contribution in [-0.2, 0) is 7.05 Å². The first-order valence-corrected chi connectivity index (χ1v) is 4.90. The minimum Gasteiger partial charge on any atom is -0.308 e. The zero-order chi connectivity index (χ0) is 11.6. The van der Waals surface area contributed by atoms with E-state index in [1.807, 2.05) is 34.7 Å². The van der Waals surface area contributed by atoms with E-state index in [1.54, 1.807) is 10.9 Å². The number of rotatable bonds is 1. The van der Waals surface area contributed by atoms with Gasteiger partial charge in [-0.25, -0.2) is 5.84 Å². The summed E-state index contributed by atoms with van der Waals surface area (Å²) in [6.07, 6.45) is 1.76. The number of aryl methyl sites for hydroxylation is 1. The Kier molecular flexibility index (Phi) is 3.14. The summed E-state index contributed by atoms with van der Waals surface area (Å²) in [6, 6.07) is 0. The van der Waals surface area contributed by atoms with Crippen LogP contribution >= 0.6 is 0 Å². The molecule has 3 N–H and O–H groups in total. The number of nitrogens with two attached hydrogens (primary N) is 1. The summed E-state index contributed by atoms with van der Waals surface area (Å²) in [5.74, 6) is 6.15. The third-order valence-corrected chi connectivity index (χ3v) is 2.07. The van der Waals surface area contributed by atoms with Gasteiger partial charge in [0.05, 0.1) is 17.3 Å². The van der Waals surface area contributed by atoms with Crippen LogP contribution in [0, 0.1) is 6.92 Å². The molecule has 0 saturated carbocycles. The number of aliphatic imine (C=N–C) groups is 1. The second-order valence-corrected chi connectivity index (χ2v) is 4.54. The lowest BCUT2D eigenvalue weighted by molar-refractivity contribution is 0.580. The van der Waals surface area contributed by atoms with E-state index < -0.39 is 0 Å². The Labute approximate surface area is 90.3 Å². The average Bonchev–Trinajstić information content (AvgIpc) is 2.43. The molecule has 0 aliphatic carbocycles. The van der Waals surface area contributed by atoms with Gasteiger partial charge in [0.25, 0.3) is 0 Å². The summed E-state index contributed by atoms with van der Waals surface area (Å²) in [6.45, 7) is 8.06. The molecule has 0 radical (unpaired) electrons. The number of nitrogens with zero attached hydrogens (tertiary/aromatic N) is 3. The molecule has 0 aliphatic heterocycles. The van der Waals surface area contributed by atoms with Crippen LogP contribution in [0.5, 0.6) is 0 Å². The first-order chi connectivity index (χ1) is 6.85. The van der Waals surface area contributed by atoms with Crippen LogP contribution in [-0.4, -0.2) is 21.2 Å². The maximum atomic E-state index is 5.47. The van der Waals surface area contributed by atoms with Gasteiger partial charge < -0.3 is 5.43 Å². The van der Waals surface area contributed by atoms with Crippen LogP contribution < -0.4 is 11.3 Å². The van der Waals surface area contributed by atoms with Gasteiger partial charge in [0.1, 0.15) is 5.84 Å². The van der Waals surface area contributed by atoms with Crippen molar-refractivity contribution in [2.75, 3.05) is 0 Å². The van der Waals surface area contributed by atoms with Crippen molar-refractivity contribution < 1.29 is 0 Å². The molecule has 0 atom stereocenters. The van der Waals surface area contributed by atoms with E-state index in [0.29, 0.717) is 5.84 Å². The van der Waals surface area contributed by atoms with E-state index in [1.165, 1.54) is 0 Å². The molecule has 15 heavy (non-hydrogen) atoms. The third-order valence-electron chi connectivity index (χ3n) is 2.07. The molecular formula is C10H19N5. The third kappa shape index (κ3) is 2.79. The Bertz CT molecular complexity index is 370. The van der Waals surface area contributed by atoms with Crippen molar-refractivity contribution in [1.29, 1.82) is 0 Å². The number of amidine groups is 1. The van der Waals surface area contributed by atoms with Gasteiger partial charge in [-0.05, 0) is 27.7 Å². The fourth-order valence-corrected chi connectivity index (χ4v) is 1.24. The SMILES string of the molecule is Cc1c(C(=NC(C)(C)C)NN)cnn1C. The quantitative estimate of drug-likeness (QED) is 0.310. The summed E-state index contributed by atoms with van der Waals surface area (Å²) >= 11 is 0. The maximum absolute atomic E-state index is 5.47. The molecule has 0 spiro atoms. The molecule has 1 rings (SSSR count). The maximum Gasteiger partial charge on any atom is 0.146 e. The van der Waals surface area contributed by atoms with Crippen molar-refractivity contribution in [3.63, 3.8) is 0 Å². The highest BCUT2D eigenvalue weighted by atomic mass is 15.3. The van der Waals surface area contributed by atoms with Crippen LogP contribution in [0.2, 0.25) is 0 Å². The van der Waals surface area contributed by atoms with Crippen molar-refractivity contribution >= 4 is 5.84 Å². The topological polar surface area (TPSA) is 68.2 Å². The molecule has 5 heteroatoms. The molecule has 1 aromatic rings. The fraction of sp³-hybridized carbons (Fsp3) is 0.600. The lowest BCUT2D eigenvalue weighted by Gasteiger charge is -2.15. The predicted molar refractivity (Wildman–Crippen MR) is 61.6 cm³/mol. The molecule has 0 saturated heterocycles. The Morgan fingerprint density at radius 1 is 1.53 bits per heavy atom. The first kappa shape index (κ1) is 11.7. The summed E-state index contributed by atoms with van der Waals surface area (Å²) < 4.78 is 1.80. The summed E-state index contributed by atoms with van der Waals surface area (Å²) in [4.78, 5) is 4.50. The minimum absolute atomic E-state index is 0.163. The van der Waals surface area contributed by atoms with Crippen molar-refractivity contribution in [1.82, 2.24) is 15.2 Å².